The fraction of sp³-hybridized carbons (Fsp3) is 0.636. The van der Waals surface area contributed by atoms with Crippen molar-refractivity contribution in [2.24, 2.45) is 0 Å². The van der Waals surface area contributed by atoms with Crippen molar-refractivity contribution in [2.75, 3.05) is 19.6 Å². The normalized spacial score (nSPS) is 24.5. The van der Waals surface area contributed by atoms with Gasteiger partial charge in [-0.1, -0.05) is 18.2 Å². The van der Waals surface area contributed by atoms with Gasteiger partial charge in [-0.3, -0.25) is 4.90 Å². The number of rotatable bonds is 2. The number of hydrogen-bond donors (Lipinski definition) is 0. The van der Waals surface area contributed by atoms with Gasteiger partial charge in [0.15, 0.2) is 0 Å². The molecule has 1 heterocycles. The average molecular weight is 163 g/mol. The van der Waals surface area contributed by atoms with Gasteiger partial charge in [0, 0.05) is 6.54 Å². The van der Waals surface area contributed by atoms with E-state index in [0.29, 0.717) is 0 Å². The average Bonchev–Trinajstić information content (AvgIpc) is 2.59. The van der Waals surface area contributed by atoms with E-state index in [2.05, 4.69) is 23.1 Å². The van der Waals surface area contributed by atoms with Crippen LogP contribution in [0.3, 0.4) is 0 Å². The highest BCUT2D eigenvalue weighted by Gasteiger charge is 2.11. The van der Waals surface area contributed by atoms with Crippen LogP contribution in [0.5, 0.6) is 0 Å². The van der Waals surface area contributed by atoms with Gasteiger partial charge < -0.3 is 0 Å². The van der Waals surface area contributed by atoms with Crippen LogP contribution in [0.15, 0.2) is 23.8 Å². The Labute approximate surface area is 74.8 Å². The monoisotopic (exact) mass is 163 g/mol. The van der Waals surface area contributed by atoms with Gasteiger partial charge >= 0.3 is 0 Å². The maximum absolute atomic E-state index is 2.56. The summed E-state index contributed by atoms with van der Waals surface area (Å²) in [5.74, 6) is 0. The molecule has 0 N–H and O–H groups in total. The smallest absolute Gasteiger partial charge is 0.0230 e. The standard InChI is InChI=1S/C11H17N/c1-2-6-11(7-3-1)10-12-8-4-5-9-12/h2,6-7H,1,3-5,8-10H2. The first kappa shape index (κ1) is 8.06. The molecule has 0 aromatic carbocycles. The van der Waals surface area contributed by atoms with E-state index in [1.165, 1.54) is 50.9 Å². The van der Waals surface area contributed by atoms with Gasteiger partial charge in [0.25, 0.3) is 0 Å². The van der Waals surface area contributed by atoms with Gasteiger partial charge in [-0.05, 0) is 44.3 Å². The third-order valence-corrected chi connectivity index (χ3v) is 2.68. The Balaban J connectivity index is 1.85. The van der Waals surface area contributed by atoms with E-state index >= 15 is 0 Å². The Morgan fingerprint density at radius 2 is 2.00 bits per heavy atom. The van der Waals surface area contributed by atoms with Gasteiger partial charge in [-0.2, -0.15) is 0 Å². The van der Waals surface area contributed by atoms with Gasteiger partial charge in [0.1, 0.15) is 0 Å². The Bertz CT molecular complexity index is 197. The summed E-state index contributed by atoms with van der Waals surface area (Å²) >= 11 is 0. The molecule has 0 unspecified atom stereocenters. The van der Waals surface area contributed by atoms with Crippen molar-refractivity contribution in [1.82, 2.24) is 4.90 Å². The highest BCUT2D eigenvalue weighted by molar-refractivity contribution is 5.23. The van der Waals surface area contributed by atoms with Crippen LogP contribution in [0.25, 0.3) is 0 Å². The van der Waals surface area contributed by atoms with Crippen molar-refractivity contribution >= 4 is 0 Å². The summed E-state index contributed by atoms with van der Waals surface area (Å²) in [5, 5.41) is 0. The van der Waals surface area contributed by atoms with Gasteiger partial charge in [-0.25, -0.2) is 0 Å². The minimum absolute atomic E-state index is 1.19. The third-order valence-electron chi connectivity index (χ3n) is 2.68. The lowest BCUT2D eigenvalue weighted by molar-refractivity contribution is 0.370. The minimum atomic E-state index is 1.19. The van der Waals surface area contributed by atoms with Crippen LogP contribution in [0, 0.1) is 0 Å². The van der Waals surface area contributed by atoms with E-state index in [1.54, 1.807) is 0 Å². The van der Waals surface area contributed by atoms with Crippen LogP contribution in [0.2, 0.25) is 0 Å². The molecule has 0 spiro atoms. The summed E-state index contributed by atoms with van der Waals surface area (Å²) in [7, 11) is 0. The molecule has 0 atom stereocenters. The Kier molecular flexibility index (Phi) is 2.62. The largest absolute Gasteiger partial charge is 0.299 e. The number of likely N-dealkylation sites (tertiary alicyclic amines) is 1. The first-order chi connectivity index (χ1) is 5.95. The lowest BCUT2D eigenvalue weighted by Crippen LogP contribution is -2.21. The summed E-state index contributed by atoms with van der Waals surface area (Å²) in [6.07, 6.45) is 12.3. The molecule has 1 aliphatic carbocycles. The van der Waals surface area contributed by atoms with Crippen molar-refractivity contribution in [3.8, 4) is 0 Å². The van der Waals surface area contributed by atoms with Gasteiger partial charge in [0.2, 0.25) is 0 Å². The molecule has 0 bridgehead atoms. The van der Waals surface area contributed by atoms with Crippen LogP contribution in [-0.2, 0) is 0 Å². The SMILES string of the molecule is C1=CC(CN2CCCC2)=CCC1. The van der Waals surface area contributed by atoms with Gasteiger partial charge in [0.05, 0.1) is 0 Å². The number of nitrogens with zero attached hydrogens (tertiary/aromatic N) is 1. The van der Waals surface area contributed by atoms with Crippen molar-refractivity contribution in [3.63, 3.8) is 0 Å². The molecule has 0 aromatic rings. The first-order valence-electron chi connectivity index (χ1n) is 5.03. The van der Waals surface area contributed by atoms with E-state index in [-0.39, 0.29) is 0 Å². The molecular formula is C11H17N. The predicted molar refractivity (Wildman–Crippen MR) is 52.1 cm³/mol. The molecule has 1 saturated heterocycles. The predicted octanol–water partition coefficient (Wildman–Crippen LogP) is 2.36. The second-order valence-corrected chi connectivity index (χ2v) is 3.74. The molecule has 0 saturated carbocycles. The molecule has 1 nitrogen and oxygen atoms in total. The molecule has 2 aliphatic rings. The van der Waals surface area contributed by atoms with E-state index < -0.39 is 0 Å². The molecule has 1 heteroatoms. The molecule has 1 aliphatic heterocycles. The van der Waals surface area contributed by atoms with Crippen molar-refractivity contribution in [1.29, 1.82) is 0 Å². The van der Waals surface area contributed by atoms with Crippen molar-refractivity contribution in [2.45, 2.75) is 25.7 Å². The second-order valence-electron chi connectivity index (χ2n) is 3.74. The van der Waals surface area contributed by atoms with Gasteiger partial charge in [-0.15, -0.1) is 0 Å². The highest BCUT2D eigenvalue weighted by atomic mass is 15.1. The Morgan fingerprint density at radius 3 is 2.67 bits per heavy atom. The molecule has 12 heavy (non-hydrogen) atoms. The maximum Gasteiger partial charge on any atom is 0.0230 e. The lowest BCUT2D eigenvalue weighted by atomic mass is 10.1. The zero-order valence-electron chi connectivity index (χ0n) is 7.63. The van der Waals surface area contributed by atoms with E-state index in [4.69, 9.17) is 0 Å². The zero-order chi connectivity index (χ0) is 8.23. The lowest BCUT2D eigenvalue weighted by Gasteiger charge is -2.16. The first-order valence-corrected chi connectivity index (χ1v) is 5.03. The highest BCUT2D eigenvalue weighted by Crippen LogP contribution is 2.14. The molecule has 0 amide bonds. The molecule has 66 valence electrons. The molecule has 2 rings (SSSR count). The maximum atomic E-state index is 2.56. The van der Waals surface area contributed by atoms with E-state index in [9.17, 15) is 0 Å². The summed E-state index contributed by atoms with van der Waals surface area (Å²) < 4.78 is 0. The summed E-state index contributed by atoms with van der Waals surface area (Å²) in [6, 6.07) is 0. The third kappa shape index (κ3) is 1.98. The molecule has 1 fully saturated rings. The molecular weight excluding hydrogens is 146 g/mol. The zero-order valence-corrected chi connectivity index (χ0v) is 7.63. The fourth-order valence-corrected chi connectivity index (χ4v) is 1.98. The molecule has 0 aromatic heterocycles. The second kappa shape index (κ2) is 3.90. The van der Waals surface area contributed by atoms with E-state index in [1.807, 2.05) is 0 Å². The van der Waals surface area contributed by atoms with Crippen LogP contribution in [-0.4, -0.2) is 24.5 Å². The van der Waals surface area contributed by atoms with Crippen LogP contribution in [0.4, 0.5) is 0 Å². The van der Waals surface area contributed by atoms with Crippen LogP contribution in [0.1, 0.15) is 25.7 Å². The number of hydrogen-bond acceptors (Lipinski definition) is 1. The van der Waals surface area contributed by atoms with E-state index in [0.717, 1.165) is 0 Å². The van der Waals surface area contributed by atoms with Crippen LogP contribution < -0.4 is 0 Å². The Morgan fingerprint density at radius 1 is 1.17 bits per heavy atom. The summed E-state index contributed by atoms with van der Waals surface area (Å²) in [4.78, 5) is 2.56. The number of allylic oxidation sites excluding steroid dienone is 2. The van der Waals surface area contributed by atoms with Crippen molar-refractivity contribution in [3.05, 3.63) is 23.8 Å². The fourth-order valence-electron chi connectivity index (χ4n) is 1.98. The Hall–Kier alpha value is -0.560. The quantitative estimate of drug-likeness (QED) is 0.604. The topological polar surface area (TPSA) is 3.24 Å². The van der Waals surface area contributed by atoms with Crippen LogP contribution >= 0.6 is 0 Å². The summed E-state index contributed by atoms with van der Waals surface area (Å²) in [6.45, 7) is 3.81. The minimum Gasteiger partial charge on any atom is -0.299 e. The molecule has 0 radical (unpaired) electrons. The summed E-state index contributed by atoms with van der Waals surface area (Å²) in [5.41, 5.74) is 1.53. The van der Waals surface area contributed by atoms with Crippen molar-refractivity contribution < 1.29 is 0 Å².